The topological polar surface area (TPSA) is 118 Å². The maximum atomic E-state index is 12.1. The van der Waals surface area contributed by atoms with Crippen molar-refractivity contribution in [3.8, 4) is 0 Å². The zero-order valence-electron chi connectivity index (χ0n) is 10.4. The third-order valence-electron chi connectivity index (χ3n) is 3.89. The summed E-state index contributed by atoms with van der Waals surface area (Å²) in [4.78, 5) is 47.0. The van der Waals surface area contributed by atoms with Gasteiger partial charge in [-0.05, 0) is 19.3 Å². The minimum absolute atomic E-state index is 0.123. The number of fused-ring (bicyclic) bond motifs is 1. The molecule has 0 aromatic heterocycles. The minimum Gasteiger partial charge on any atom is -0.480 e. The van der Waals surface area contributed by atoms with E-state index in [2.05, 4.69) is 0 Å². The number of hydrogen-bond acceptors (Lipinski definition) is 4. The molecule has 0 spiro atoms. The van der Waals surface area contributed by atoms with Crippen LogP contribution in [0.5, 0.6) is 0 Å². The van der Waals surface area contributed by atoms with Gasteiger partial charge in [0.1, 0.15) is 6.04 Å². The first-order valence-corrected chi connectivity index (χ1v) is 6.31. The van der Waals surface area contributed by atoms with Crippen LogP contribution in [0.2, 0.25) is 0 Å². The second-order valence-corrected chi connectivity index (χ2v) is 5.05. The zero-order chi connectivity index (χ0) is 14.2. The molecule has 3 amide bonds. The lowest BCUT2D eigenvalue weighted by Crippen LogP contribution is -2.46. The van der Waals surface area contributed by atoms with Crippen LogP contribution in [0.25, 0.3) is 0 Å². The molecule has 1 aliphatic carbocycles. The van der Waals surface area contributed by atoms with Crippen LogP contribution in [-0.4, -0.2) is 39.7 Å². The van der Waals surface area contributed by atoms with Gasteiger partial charge in [0, 0.05) is 6.42 Å². The summed E-state index contributed by atoms with van der Waals surface area (Å²) in [5.74, 6) is -3.49. The van der Waals surface area contributed by atoms with Gasteiger partial charge < -0.3 is 10.8 Å². The van der Waals surface area contributed by atoms with Gasteiger partial charge in [0.05, 0.1) is 11.8 Å². The third kappa shape index (κ3) is 2.32. The third-order valence-corrected chi connectivity index (χ3v) is 3.89. The van der Waals surface area contributed by atoms with E-state index >= 15 is 0 Å². The normalized spacial score (nSPS) is 27.5. The van der Waals surface area contributed by atoms with Gasteiger partial charge in [-0.15, -0.1) is 0 Å². The Morgan fingerprint density at radius 2 is 1.79 bits per heavy atom. The summed E-state index contributed by atoms with van der Waals surface area (Å²) in [6.07, 6.45) is 1.80. The first-order valence-electron chi connectivity index (χ1n) is 6.31. The lowest BCUT2D eigenvalue weighted by atomic mass is 10.00. The smallest absolute Gasteiger partial charge is 0.326 e. The minimum atomic E-state index is -1.28. The fourth-order valence-corrected chi connectivity index (χ4v) is 2.97. The van der Waals surface area contributed by atoms with Gasteiger partial charge >= 0.3 is 5.97 Å². The van der Waals surface area contributed by atoms with Crippen molar-refractivity contribution in [1.29, 1.82) is 0 Å². The van der Waals surface area contributed by atoms with E-state index in [1.807, 2.05) is 0 Å². The predicted molar refractivity (Wildman–Crippen MR) is 62.5 cm³/mol. The fraction of sp³-hybridized carbons (Fsp3) is 0.667. The van der Waals surface area contributed by atoms with Crippen LogP contribution >= 0.6 is 0 Å². The van der Waals surface area contributed by atoms with Crippen molar-refractivity contribution >= 4 is 23.7 Å². The van der Waals surface area contributed by atoms with Crippen LogP contribution in [0, 0.1) is 11.8 Å². The summed E-state index contributed by atoms with van der Waals surface area (Å²) in [5, 5.41) is 9.15. The lowest BCUT2D eigenvalue weighted by molar-refractivity contribution is -0.155. The number of nitrogens with zero attached hydrogens (tertiary/aromatic N) is 1. The molecule has 7 nitrogen and oxygen atoms in total. The summed E-state index contributed by atoms with van der Waals surface area (Å²) in [5.41, 5.74) is 4.98. The van der Waals surface area contributed by atoms with Crippen molar-refractivity contribution in [3.05, 3.63) is 0 Å². The van der Waals surface area contributed by atoms with Crippen molar-refractivity contribution in [3.63, 3.8) is 0 Å². The highest BCUT2D eigenvalue weighted by atomic mass is 16.4. The van der Waals surface area contributed by atoms with Gasteiger partial charge in [0.2, 0.25) is 17.7 Å². The average Bonchev–Trinajstić information content (AvgIpc) is 2.87. The molecule has 1 saturated carbocycles. The summed E-state index contributed by atoms with van der Waals surface area (Å²) in [6.45, 7) is 0. The lowest BCUT2D eigenvalue weighted by Gasteiger charge is -2.23. The Labute approximate surface area is 109 Å². The summed E-state index contributed by atoms with van der Waals surface area (Å²) in [6, 6.07) is -1.28. The number of hydrogen-bond donors (Lipinski definition) is 2. The highest BCUT2D eigenvalue weighted by Gasteiger charge is 2.53. The number of likely N-dealkylation sites (tertiary alicyclic amines) is 1. The van der Waals surface area contributed by atoms with Crippen molar-refractivity contribution < 1.29 is 24.3 Å². The number of carboxylic acids is 1. The van der Waals surface area contributed by atoms with E-state index in [1.165, 1.54) is 0 Å². The van der Waals surface area contributed by atoms with Crippen molar-refractivity contribution in [2.45, 2.75) is 38.1 Å². The van der Waals surface area contributed by atoms with Crippen LogP contribution in [0.4, 0.5) is 0 Å². The molecule has 3 unspecified atom stereocenters. The number of carbonyl (C=O) groups excluding carboxylic acids is 3. The molecular formula is C12H16N2O5. The van der Waals surface area contributed by atoms with Gasteiger partial charge in [0.15, 0.2) is 0 Å². The van der Waals surface area contributed by atoms with Gasteiger partial charge in [-0.25, -0.2) is 4.79 Å². The number of amides is 3. The van der Waals surface area contributed by atoms with Crippen LogP contribution in [0.1, 0.15) is 32.1 Å². The van der Waals surface area contributed by atoms with Crippen molar-refractivity contribution in [2.75, 3.05) is 0 Å². The number of imide groups is 1. The SMILES string of the molecule is NC(=O)CCC(C(=O)O)N1C(=O)C2CCCC2C1=O. The van der Waals surface area contributed by atoms with Gasteiger partial charge in [-0.3, -0.25) is 19.3 Å². The first-order chi connectivity index (χ1) is 8.93. The van der Waals surface area contributed by atoms with Crippen LogP contribution < -0.4 is 5.73 Å². The quantitative estimate of drug-likeness (QED) is 0.651. The van der Waals surface area contributed by atoms with E-state index < -0.39 is 29.7 Å². The van der Waals surface area contributed by atoms with Crippen molar-refractivity contribution in [1.82, 2.24) is 4.90 Å². The van der Waals surface area contributed by atoms with Crippen LogP contribution in [-0.2, 0) is 19.2 Å². The Bertz CT molecular complexity index is 425. The largest absolute Gasteiger partial charge is 0.480 e. The molecule has 2 aliphatic rings. The molecule has 1 heterocycles. The number of nitrogens with two attached hydrogens (primary N) is 1. The molecule has 3 N–H and O–H groups in total. The molecular weight excluding hydrogens is 252 g/mol. The van der Waals surface area contributed by atoms with Crippen LogP contribution in [0.3, 0.4) is 0 Å². The average molecular weight is 268 g/mol. The molecule has 7 heteroatoms. The highest BCUT2D eigenvalue weighted by Crippen LogP contribution is 2.40. The van der Waals surface area contributed by atoms with Crippen molar-refractivity contribution in [2.24, 2.45) is 17.6 Å². The molecule has 104 valence electrons. The summed E-state index contributed by atoms with van der Waals surface area (Å²) in [7, 11) is 0. The first kappa shape index (κ1) is 13.5. The van der Waals surface area contributed by atoms with Gasteiger partial charge in [-0.2, -0.15) is 0 Å². The number of primary amides is 1. The van der Waals surface area contributed by atoms with E-state index in [-0.39, 0.29) is 24.7 Å². The van der Waals surface area contributed by atoms with Crippen LogP contribution in [0.15, 0.2) is 0 Å². The molecule has 0 radical (unpaired) electrons. The second kappa shape index (κ2) is 4.99. The molecule has 0 aromatic carbocycles. The number of aliphatic carboxylic acids is 1. The standard InChI is InChI=1S/C12H16N2O5/c13-9(15)5-4-8(12(18)19)14-10(16)6-2-1-3-7(6)11(14)17/h6-8H,1-5H2,(H2,13,15)(H,18,19). The maximum Gasteiger partial charge on any atom is 0.326 e. The van der Waals surface area contributed by atoms with Gasteiger partial charge in [0.25, 0.3) is 0 Å². The van der Waals surface area contributed by atoms with Gasteiger partial charge in [-0.1, -0.05) is 6.42 Å². The molecule has 3 atom stereocenters. The number of carboxylic acid groups (broad SMARTS) is 1. The molecule has 19 heavy (non-hydrogen) atoms. The Morgan fingerprint density at radius 1 is 1.26 bits per heavy atom. The second-order valence-electron chi connectivity index (χ2n) is 5.05. The fourth-order valence-electron chi connectivity index (χ4n) is 2.97. The molecule has 0 bridgehead atoms. The monoisotopic (exact) mass is 268 g/mol. The molecule has 1 aliphatic heterocycles. The Kier molecular flexibility index (Phi) is 3.55. The summed E-state index contributed by atoms with van der Waals surface area (Å²) >= 11 is 0. The Morgan fingerprint density at radius 3 is 2.21 bits per heavy atom. The Hall–Kier alpha value is -1.92. The molecule has 2 rings (SSSR count). The van der Waals surface area contributed by atoms with E-state index in [0.717, 1.165) is 11.3 Å². The van der Waals surface area contributed by atoms with E-state index in [1.54, 1.807) is 0 Å². The van der Waals surface area contributed by atoms with E-state index in [9.17, 15) is 19.2 Å². The predicted octanol–water partition coefficient (Wildman–Crippen LogP) is -0.510. The van der Waals surface area contributed by atoms with E-state index in [4.69, 9.17) is 10.8 Å². The zero-order valence-corrected chi connectivity index (χ0v) is 10.4. The number of carbonyl (C=O) groups is 4. The molecule has 0 aromatic rings. The van der Waals surface area contributed by atoms with E-state index in [0.29, 0.717) is 12.8 Å². The Balaban J connectivity index is 2.17. The molecule has 1 saturated heterocycles. The molecule has 2 fully saturated rings. The highest BCUT2D eigenvalue weighted by molar-refractivity contribution is 6.08. The number of rotatable bonds is 5. The maximum absolute atomic E-state index is 12.1. The summed E-state index contributed by atoms with van der Waals surface area (Å²) < 4.78 is 0.